The molecule has 122 valence electrons. The maximum atomic E-state index is 12.7. The van der Waals surface area contributed by atoms with Crippen molar-refractivity contribution in [2.45, 2.75) is 29.8 Å². The zero-order valence-electron chi connectivity index (χ0n) is 12.6. The molecule has 1 aromatic carbocycles. The van der Waals surface area contributed by atoms with E-state index < -0.39 is 11.2 Å². The zero-order valence-corrected chi connectivity index (χ0v) is 13.5. The summed E-state index contributed by atoms with van der Waals surface area (Å²) in [6.45, 7) is 0. The Balaban J connectivity index is 1.72. The second-order valence-electron chi connectivity index (χ2n) is 5.70. The lowest BCUT2D eigenvalue weighted by Gasteiger charge is -2.11. The molecule has 0 aliphatic heterocycles. The highest BCUT2D eigenvalue weighted by Crippen LogP contribution is 2.37. The van der Waals surface area contributed by atoms with Gasteiger partial charge in [-0.3, -0.25) is 14.2 Å². The fourth-order valence-corrected chi connectivity index (χ4v) is 3.49. The molecule has 1 N–H and O–H groups in total. The molecule has 2 aromatic heterocycles. The van der Waals surface area contributed by atoms with Gasteiger partial charge >= 0.3 is 0 Å². The number of aromatic hydroxyl groups is 1. The van der Waals surface area contributed by atoms with Crippen molar-refractivity contribution in [2.75, 3.05) is 0 Å². The maximum absolute atomic E-state index is 12.7. The number of aromatic nitrogens is 2. The summed E-state index contributed by atoms with van der Waals surface area (Å²) in [5.74, 6) is 0.363. The molecule has 0 unspecified atom stereocenters. The molecule has 0 atom stereocenters. The van der Waals surface area contributed by atoms with Gasteiger partial charge in [0.05, 0.1) is 16.7 Å². The first kappa shape index (κ1) is 15.0. The van der Waals surface area contributed by atoms with E-state index in [4.69, 9.17) is 4.42 Å². The van der Waals surface area contributed by atoms with Crippen LogP contribution >= 0.6 is 11.8 Å². The van der Waals surface area contributed by atoms with Crippen LogP contribution in [-0.4, -0.2) is 14.7 Å². The lowest BCUT2D eigenvalue weighted by atomic mass is 10.2. The highest BCUT2D eigenvalue weighted by Gasteiger charge is 2.28. The van der Waals surface area contributed by atoms with Crippen LogP contribution < -0.4 is 11.0 Å². The van der Waals surface area contributed by atoms with E-state index in [-0.39, 0.29) is 11.6 Å². The number of hydrogen-bond acceptors (Lipinski definition) is 6. The Hall–Kier alpha value is -2.54. The van der Waals surface area contributed by atoms with Crippen LogP contribution in [0.25, 0.3) is 10.9 Å². The van der Waals surface area contributed by atoms with Crippen molar-refractivity contribution in [2.24, 2.45) is 0 Å². The van der Waals surface area contributed by atoms with Crippen molar-refractivity contribution in [3.8, 4) is 5.75 Å². The number of hydrogen-bond donors (Lipinski definition) is 1. The highest BCUT2D eigenvalue weighted by molar-refractivity contribution is 7.98. The van der Waals surface area contributed by atoms with Crippen LogP contribution in [0.3, 0.4) is 0 Å². The second-order valence-corrected chi connectivity index (χ2v) is 6.64. The predicted molar refractivity (Wildman–Crippen MR) is 90.5 cm³/mol. The van der Waals surface area contributed by atoms with Gasteiger partial charge in [0.1, 0.15) is 12.0 Å². The molecule has 3 aromatic rings. The van der Waals surface area contributed by atoms with Crippen LogP contribution in [0.1, 0.15) is 24.6 Å². The Morgan fingerprint density at radius 1 is 1.29 bits per heavy atom. The number of para-hydroxylation sites is 1. The molecule has 24 heavy (non-hydrogen) atoms. The molecule has 4 rings (SSSR count). The molecule has 2 heterocycles. The van der Waals surface area contributed by atoms with Crippen molar-refractivity contribution >= 4 is 22.7 Å². The molecule has 0 spiro atoms. The highest BCUT2D eigenvalue weighted by atomic mass is 32.2. The molecule has 1 aliphatic rings. The first-order valence-corrected chi connectivity index (χ1v) is 8.57. The van der Waals surface area contributed by atoms with Crippen LogP contribution in [0.15, 0.2) is 55.8 Å². The van der Waals surface area contributed by atoms with Crippen molar-refractivity contribution in [3.63, 3.8) is 0 Å². The second kappa shape index (κ2) is 5.83. The molecular weight excluding hydrogens is 328 g/mol. The predicted octanol–water partition coefficient (Wildman–Crippen LogP) is 2.68. The minimum atomic E-state index is -0.483. The van der Waals surface area contributed by atoms with Crippen molar-refractivity contribution in [1.82, 2.24) is 9.55 Å². The fourth-order valence-electron chi connectivity index (χ4n) is 2.54. The third-order valence-electron chi connectivity index (χ3n) is 3.90. The molecule has 1 aliphatic carbocycles. The van der Waals surface area contributed by atoms with E-state index in [1.165, 1.54) is 17.8 Å². The fraction of sp³-hybridized carbons (Fsp3) is 0.235. The molecule has 1 fully saturated rings. The summed E-state index contributed by atoms with van der Waals surface area (Å²) in [6, 6.07) is 8.74. The van der Waals surface area contributed by atoms with Gasteiger partial charge in [-0.2, -0.15) is 0 Å². The number of benzene rings is 1. The lowest BCUT2D eigenvalue weighted by Crippen LogP contribution is -2.22. The van der Waals surface area contributed by atoms with Gasteiger partial charge in [-0.15, -0.1) is 0 Å². The third kappa shape index (κ3) is 2.71. The van der Waals surface area contributed by atoms with E-state index in [2.05, 4.69) is 4.98 Å². The first-order valence-electron chi connectivity index (χ1n) is 7.58. The summed E-state index contributed by atoms with van der Waals surface area (Å²) >= 11 is 1.35. The topological polar surface area (TPSA) is 85.3 Å². The third-order valence-corrected chi connectivity index (χ3v) is 4.87. The van der Waals surface area contributed by atoms with Gasteiger partial charge in [0.25, 0.3) is 5.56 Å². The van der Waals surface area contributed by atoms with Gasteiger partial charge in [0.15, 0.2) is 10.9 Å². The van der Waals surface area contributed by atoms with E-state index >= 15 is 0 Å². The molecule has 0 amide bonds. The van der Waals surface area contributed by atoms with Crippen LogP contribution in [-0.2, 0) is 5.75 Å². The number of thioether (sulfide) groups is 1. The largest absolute Gasteiger partial charge is 0.502 e. The number of rotatable bonds is 4. The lowest BCUT2D eigenvalue weighted by molar-refractivity contribution is 0.419. The van der Waals surface area contributed by atoms with Crippen LogP contribution in [0.4, 0.5) is 0 Å². The molecule has 0 bridgehead atoms. The van der Waals surface area contributed by atoms with E-state index in [1.54, 1.807) is 10.6 Å². The van der Waals surface area contributed by atoms with E-state index in [0.717, 1.165) is 19.1 Å². The van der Waals surface area contributed by atoms with E-state index in [1.807, 2.05) is 18.2 Å². The number of fused-ring (bicyclic) bond motifs is 1. The summed E-state index contributed by atoms with van der Waals surface area (Å²) in [7, 11) is 0. The minimum absolute atomic E-state index is 0.0299. The van der Waals surface area contributed by atoms with Gasteiger partial charge < -0.3 is 9.52 Å². The summed E-state index contributed by atoms with van der Waals surface area (Å²) in [4.78, 5) is 28.8. The van der Waals surface area contributed by atoms with Gasteiger partial charge in [0, 0.05) is 12.1 Å². The molecule has 1 saturated carbocycles. The van der Waals surface area contributed by atoms with Crippen molar-refractivity contribution in [3.05, 3.63) is 62.9 Å². The Morgan fingerprint density at radius 2 is 2.08 bits per heavy atom. The Bertz CT molecular complexity index is 1040. The summed E-state index contributed by atoms with van der Waals surface area (Å²) < 4.78 is 6.95. The quantitative estimate of drug-likeness (QED) is 0.579. The minimum Gasteiger partial charge on any atom is -0.502 e. The average molecular weight is 342 g/mol. The summed E-state index contributed by atoms with van der Waals surface area (Å²) in [6.07, 6.45) is 2.98. The molecule has 7 heteroatoms. The Kier molecular flexibility index (Phi) is 3.65. The smallest absolute Gasteiger partial charge is 0.262 e. The Labute approximate surface area is 140 Å². The number of nitrogens with zero attached hydrogens (tertiary/aromatic N) is 2. The van der Waals surface area contributed by atoms with Gasteiger partial charge in [-0.25, -0.2) is 4.98 Å². The monoisotopic (exact) mass is 342 g/mol. The molecule has 0 radical (unpaired) electrons. The Morgan fingerprint density at radius 3 is 2.83 bits per heavy atom. The van der Waals surface area contributed by atoms with E-state index in [9.17, 15) is 14.7 Å². The molecule has 0 saturated heterocycles. The van der Waals surface area contributed by atoms with E-state index in [0.29, 0.717) is 27.6 Å². The van der Waals surface area contributed by atoms with Crippen LogP contribution in [0.5, 0.6) is 5.75 Å². The average Bonchev–Trinajstić information content (AvgIpc) is 3.41. The summed E-state index contributed by atoms with van der Waals surface area (Å²) in [5, 5.41) is 10.5. The molecule has 6 nitrogen and oxygen atoms in total. The first-order chi connectivity index (χ1) is 11.6. The van der Waals surface area contributed by atoms with Gasteiger partial charge in [-0.1, -0.05) is 23.9 Å². The van der Waals surface area contributed by atoms with Crippen molar-refractivity contribution < 1.29 is 9.52 Å². The molecular formula is C17H14N2O4S. The zero-order chi connectivity index (χ0) is 16.7. The van der Waals surface area contributed by atoms with Crippen LogP contribution in [0.2, 0.25) is 0 Å². The standard InChI is InChI=1S/C17H14N2O4S/c20-14-7-11(23-8-15(14)21)9-24-17-18-13-4-2-1-3-12(13)16(22)19(17)10-5-6-10/h1-4,7-8,10,21H,5-6,9H2. The summed E-state index contributed by atoms with van der Waals surface area (Å²) in [5.41, 5.74) is 0.148. The van der Waals surface area contributed by atoms with Crippen LogP contribution in [0, 0.1) is 0 Å². The van der Waals surface area contributed by atoms with Gasteiger partial charge in [0.2, 0.25) is 5.43 Å². The maximum Gasteiger partial charge on any atom is 0.262 e. The SMILES string of the molecule is O=c1cc(CSc2nc3ccccc3c(=O)n2C2CC2)occ1O. The van der Waals surface area contributed by atoms with Crippen molar-refractivity contribution in [1.29, 1.82) is 0 Å². The normalized spacial score (nSPS) is 14.2. The van der Waals surface area contributed by atoms with Gasteiger partial charge in [-0.05, 0) is 25.0 Å².